The molecule has 0 fully saturated rings. The fourth-order valence-corrected chi connectivity index (χ4v) is 3.30. The summed E-state index contributed by atoms with van der Waals surface area (Å²) in [5.41, 5.74) is 3.39. The summed E-state index contributed by atoms with van der Waals surface area (Å²) in [6, 6.07) is 16.9. The molecule has 2 N–H and O–H groups in total. The molecule has 3 aromatic rings. The van der Waals surface area contributed by atoms with Crippen molar-refractivity contribution in [2.45, 2.75) is 27.2 Å². The van der Waals surface area contributed by atoms with Crippen LogP contribution in [0.15, 0.2) is 59.4 Å². The number of rotatable bonds is 9. The summed E-state index contributed by atoms with van der Waals surface area (Å²) in [5, 5.41) is 2.82. The molecule has 0 atom stereocenters. The molecule has 0 aliphatic heterocycles. The molecule has 0 saturated carbocycles. The topological polar surface area (TPSA) is 80.4 Å². The predicted octanol–water partition coefficient (Wildman–Crippen LogP) is 4.12. The van der Waals surface area contributed by atoms with Crippen LogP contribution in [0.5, 0.6) is 11.5 Å². The molecule has 162 valence electrons. The van der Waals surface area contributed by atoms with Crippen molar-refractivity contribution in [2.75, 3.05) is 19.8 Å². The van der Waals surface area contributed by atoms with Crippen LogP contribution in [0.4, 0.5) is 0 Å². The van der Waals surface area contributed by atoms with Gasteiger partial charge in [-0.2, -0.15) is 0 Å². The van der Waals surface area contributed by atoms with Crippen LogP contribution in [0.1, 0.15) is 35.3 Å². The number of amides is 1. The zero-order valence-corrected chi connectivity index (χ0v) is 18.2. The van der Waals surface area contributed by atoms with Crippen LogP contribution in [0.25, 0.3) is 11.3 Å². The molecule has 3 rings (SSSR count). The van der Waals surface area contributed by atoms with Crippen molar-refractivity contribution in [3.05, 3.63) is 81.6 Å². The second-order valence-electron chi connectivity index (χ2n) is 7.14. The van der Waals surface area contributed by atoms with Crippen LogP contribution < -0.4 is 20.3 Å². The van der Waals surface area contributed by atoms with E-state index < -0.39 is 11.5 Å². The Bertz CT molecular complexity index is 1100. The van der Waals surface area contributed by atoms with Crippen molar-refractivity contribution in [1.82, 2.24) is 10.3 Å². The summed E-state index contributed by atoms with van der Waals surface area (Å²) in [4.78, 5) is 27.7. The second kappa shape index (κ2) is 10.5. The van der Waals surface area contributed by atoms with Gasteiger partial charge in [-0.25, -0.2) is 0 Å². The fourth-order valence-electron chi connectivity index (χ4n) is 3.30. The van der Waals surface area contributed by atoms with E-state index in [1.807, 2.05) is 63.2 Å². The average Bonchev–Trinajstić information content (AvgIpc) is 2.75. The minimum Gasteiger partial charge on any atom is -0.490 e. The number of hydrogen-bond acceptors (Lipinski definition) is 4. The van der Waals surface area contributed by atoms with Crippen molar-refractivity contribution >= 4 is 5.91 Å². The van der Waals surface area contributed by atoms with Gasteiger partial charge in [-0.05, 0) is 68.7 Å². The number of carbonyl (C=O) groups excluding carboxylic acids is 1. The molecular formula is C25H28N2O4. The van der Waals surface area contributed by atoms with Crippen LogP contribution in [0.3, 0.4) is 0 Å². The third-order valence-corrected chi connectivity index (χ3v) is 4.79. The zero-order chi connectivity index (χ0) is 22.2. The quantitative estimate of drug-likeness (QED) is 0.546. The Hall–Kier alpha value is -3.54. The lowest BCUT2D eigenvalue weighted by atomic mass is 10.1. The van der Waals surface area contributed by atoms with Gasteiger partial charge in [0.25, 0.3) is 11.5 Å². The van der Waals surface area contributed by atoms with Crippen LogP contribution in [-0.4, -0.2) is 30.6 Å². The lowest BCUT2D eigenvalue weighted by molar-refractivity contribution is 0.0952. The largest absolute Gasteiger partial charge is 0.490 e. The molecule has 1 amide bonds. The first-order chi connectivity index (χ1) is 15.0. The van der Waals surface area contributed by atoms with E-state index in [1.54, 1.807) is 12.1 Å². The lowest BCUT2D eigenvalue weighted by Crippen LogP contribution is -2.31. The fraction of sp³-hybridized carbons (Fsp3) is 0.280. The van der Waals surface area contributed by atoms with E-state index in [1.165, 1.54) is 0 Å². The standard InChI is InChI=1S/C25H28N2O4/c1-4-30-22-12-9-18(16-23(22)31-5-2)13-14-26-24(28)20-10-11-21(27-25(20)29)19-8-6-7-17(3)15-19/h6-12,15-16H,4-5,13-14H2,1-3H3,(H,26,28)(H,27,29). The first kappa shape index (κ1) is 22.2. The summed E-state index contributed by atoms with van der Waals surface area (Å²) in [6.07, 6.45) is 0.609. The van der Waals surface area contributed by atoms with Gasteiger partial charge < -0.3 is 19.8 Å². The van der Waals surface area contributed by atoms with Crippen molar-refractivity contribution in [2.24, 2.45) is 0 Å². The molecule has 0 aliphatic rings. The molecule has 2 aromatic carbocycles. The monoisotopic (exact) mass is 420 g/mol. The van der Waals surface area contributed by atoms with Crippen molar-refractivity contribution < 1.29 is 14.3 Å². The number of pyridine rings is 1. The number of ether oxygens (including phenoxy) is 2. The summed E-state index contributed by atoms with van der Waals surface area (Å²) >= 11 is 0. The highest BCUT2D eigenvalue weighted by molar-refractivity contribution is 5.94. The van der Waals surface area contributed by atoms with E-state index in [2.05, 4.69) is 10.3 Å². The highest BCUT2D eigenvalue weighted by Gasteiger charge is 2.12. The minimum absolute atomic E-state index is 0.0955. The Morgan fingerprint density at radius 2 is 1.74 bits per heavy atom. The SMILES string of the molecule is CCOc1ccc(CCNC(=O)c2ccc(-c3cccc(C)c3)[nH]c2=O)cc1OCC. The number of carbonyl (C=O) groups is 1. The lowest BCUT2D eigenvalue weighted by Gasteiger charge is -2.12. The van der Waals surface area contributed by atoms with Crippen molar-refractivity contribution in [3.8, 4) is 22.8 Å². The predicted molar refractivity (Wildman–Crippen MR) is 122 cm³/mol. The minimum atomic E-state index is -0.406. The molecule has 1 aromatic heterocycles. The average molecular weight is 421 g/mol. The Kier molecular flexibility index (Phi) is 7.49. The summed E-state index contributed by atoms with van der Waals surface area (Å²) in [5.74, 6) is 1.00. The van der Waals surface area contributed by atoms with Gasteiger partial charge in [0.1, 0.15) is 5.56 Å². The highest BCUT2D eigenvalue weighted by Crippen LogP contribution is 2.28. The normalized spacial score (nSPS) is 10.5. The molecular weight excluding hydrogens is 392 g/mol. The number of aromatic amines is 1. The molecule has 0 radical (unpaired) electrons. The molecule has 6 heteroatoms. The van der Waals surface area contributed by atoms with Gasteiger partial charge in [0, 0.05) is 12.2 Å². The summed E-state index contributed by atoms with van der Waals surface area (Å²) in [6.45, 7) is 7.34. The first-order valence-corrected chi connectivity index (χ1v) is 10.5. The second-order valence-corrected chi connectivity index (χ2v) is 7.14. The molecule has 0 saturated heterocycles. The Balaban J connectivity index is 1.63. The summed E-state index contributed by atoms with van der Waals surface area (Å²) < 4.78 is 11.2. The molecule has 6 nitrogen and oxygen atoms in total. The Morgan fingerprint density at radius 3 is 2.45 bits per heavy atom. The van der Waals surface area contributed by atoms with Gasteiger partial charge in [0.15, 0.2) is 11.5 Å². The van der Waals surface area contributed by atoms with Gasteiger partial charge in [-0.1, -0.05) is 29.8 Å². The highest BCUT2D eigenvalue weighted by atomic mass is 16.5. The number of H-pyrrole nitrogens is 1. The molecule has 0 unspecified atom stereocenters. The molecule has 0 bridgehead atoms. The smallest absolute Gasteiger partial charge is 0.261 e. The third kappa shape index (κ3) is 5.75. The van der Waals surface area contributed by atoms with Crippen molar-refractivity contribution in [3.63, 3.8) is 0 Å². The van der Waals surface area contributed by atoms with Crippen molar-refractivity contribution in [1.29, 1.82) is 0 Å². The number of aryl methyl sites for hydroxylation is 1. The maximum Gasteiger partial charge on any atom is 0.261 e. The van der Waals surface area contributed by atoms with Gasteiger partial charge in [-0.3, -0.25) is 9.59 Å². The van der Waals surface area contributed by atoms with Gasteiger partial charge in [-0.15, -0.1) is 0 Å². The molecule has 31 heavy (non-hydrogen) atoms. The molecule has 0 aliphatic carbocycles. The van der Waals surface area contributed by atoms with Gasteiger partial charge >= 0.3 is 0 Å². The molecule has 0 spiro atoms. The maximum absolute atomic E-state index is 12.5. The van der Waals surface area contributed by atoms with Crippen LogP contribution in [-0.2, 0) is 6.42 Å². The summed E-state index contributed by atoms with van der Waals surface area (Å²) in [7, 11) is 0. The number of benzene rings is 2. The van der Waals surface area contributed by atoms with Crippen LogP contribution in [0, 0.1) is 6.92 Å². The van der Waals surface area contributed by atoms with Gasteiger partial charge in [0.05, 0.1) is 13.2 Å². The zero-order valence-electron chi connectivity index (χ0n) is 18.2. The molecule has 1 heterocycles. The Morgan fingerprint density at radius 1 is 0.968 bits per heavy atom. The maximum atomic E-state index is 12.5. The van der Waals surface area contributed by atoms with E-state index in [0.717, 1.165) is 16.7 Å². The van der Waals surface area contributed by atoms with Crippen LogP contribution >= 0.6 is 0 Å². The van der Waals surface area contributed by atoms with E-state index >= 15 is 0 Å². The first-order valence-electron chi connectivity index (χ1n) is 10.5. The van der Waals surface area contributed by atoms with E-state index in [4.69, 9.17) is 9.47 Å². The third-order valence-electron chi connectivity index (χ3n) is 4.79. The Labute approximate surface area is 182 Å². The van der Waals surface area contributed by atoms with E-state index in [-0.39, 0.29) is 5.56 Å². The number of hydrogen-bond donors (Lipinski definition) is 2. The van der Waals surface area contributed by atoms with E-state index in [9.17, 15) is 9.59 Å². The van der Waals surface area contributed by atoms with E-state index in [0.29, 0.717) is 43.4 Å². The number of nitrogens with one attached hydrogen (secondary N) is 2. The van der Waals surface area contributed by atoms with Gasteiger partial charge in [0.2, 0.25) is 0 Å². The number of aromatic nitrogens is 1. The van der Waals surface area contributed by atoms with Crippen LogP contribution in [0.2, 0.25) is 0 Å².